The molecule has 5 nitrogen and oxygen atoms in total. The van der Waals surface area contributed by atoms with Crippen LogP contribution in [0.5, 0.6) is 0 Å². The van der Waals surface area contributed by atoms with E-state index in [2.05, 4.69) is 43.1 Å². The first-order chi connectivity index (χ1) is 17.5. The molecule has 0 saturated carbocycles. The molecule has 1 aromatic heterocycles. The van der Waals surface area contributed by atoms with Gasteiger partial charge >= 0.3 is 0 Å². The van der Waals surface area contributed by atoms with Gasteiger partial charge in [-0.05, 0) is 49.2 Å². The van der Waals surface area contributed by atoms with Crippen LogP contribution < -0.4 is 4.90 Å². The molecule has 0 N–H and O–H groups in total. The highest BCUT2D eigenvalue weighted by Gasteiger charge is 2.34. The van der Waals surface area contributed by atoms with E-state index >= 15 is 0 Å². The number of rotatable bonds is 7. The molecule has 5 rings (SSSR count). The highest BCUT2D eigenvalue weighted by atomic mass is 32.2. The Kier molecular flexibility index (Phi) is 6.96. The molecule has 1 aliphatic rings. The second-order valence-corrected chi connectivity index (χ2v) is 11.2. The maximum Gasteiger partial charge on any atom is 0.258 e. The molecule has 4 aromatic rings. The molecule has 2 heterocycles. The van der Waals surface area contributed by atoms with Gasteiger partial charge in [-0.2, -0.15) is 0 Å². The minimum Gasteiger partial charge on any atom is -0.311 e. The molecule has 0 radical (unpaired) electrons. The fourth-order valence-electron chi connectivity index (χ4n) is 4.57. The maximum absolute atomic E-state index is 14.3. The standard InChI is InChI=1S/C29H27N3O2S2/c1-20(2)32(28(21-10-6-4-7-11-21)22-12-8-5-9-13-22)36(34)23-14-15-26-24(18-23)25(29(33)31(26)3)19-27-30-16-17-35-27/h4-20,28H,1-3H3/b25-19+. The normalized spacial score (nSPS) is 15.3. The zero-order valence-electron chi connectivity index (χ0n) is 20.4. The highest BCUT2D eigenvalue weighted by Crippen LogP contribution is 2.40. The monoisotopic (exact) mass is 513 g/mol. The van der Waals surface area contributed by atoms with Crippen LogP contribution >= 0.6 is 11.3 Å². The number of hydrogen-bond acceptors (Lipinski definition) is 4. The minimum atomic E-state index is -1.49. The molecule has 7 heteroatoms. The fraction of sp³-hybridized carbons (Fsp3) is 0.172. The van der Waals surface area contributed by atoms with E-state index in [0.29, 0.717) is 10.5 Å². The maximum atomic E-state index is 14.3. The average Bonchev–Trinajstić information content (AvgIpc) is 3.50. The third-order valence-electron chi connectivity index (χ3n) is 6.26. The first kappa shape index (κ1) is 24.3. The lowest BCUT2D eigenvalue weighted by molar-refractivity contribution is -0.112. The molecular weight excluding hydrogens is 486 g/mol. The van der Waals surface area contributed by atoms with Gasteiger partial charge in [0.05, 0.1) is 22.2 Å². The van der Waals surface area contributed by atoms with Crippen LogP contribution in [0.3, 0.4) is 0 Å². The Hall–Kier alpha value is -3.39. The van der Waals surface area contributed by atoms with E-state index in [4.69, 9.17) is 0 Å². The first-order valence-electron chi connectivity index (χ1n) is 11.8. The topological polar surface area (TPSA) is 53.5 Å². The lowest BCUT2D eigenvalue weighted by Crippen LogP contribution is -2.37. The summed E-state index contributed by atoms with van der Waals surface area (Å²) in [6, 6.07) is 25.8. The van der Waals surface area contributed by atoms with Crippen molar-refractivity contribution in [2.75, 3.05) is 11.9 Å². The van der Waals surface area contributed by atoms with E-state index in [-0.39, 0.29) is 18.0 Å². The molecule has 1 amide bonds. The number of carbonyl (C=O) groups excluding carboxylic acids is 1. The van der Waals surface area contributed by atoms with Gasteiger partial charge in [0.2, 0.25) is 0 Å². The molecule has 182 valence electrons. The Morgan fingerprint density at radius 1 is 0.972 bits per heavy atom. The molecule has 0 fully saturated rings. The van der Waals surface area contributed by atoms with Crippen LogP contribution in [0.15, 0.2) is 95.3 Å². The predicted molar refractivity (Wildman–Crippen MR) is 148 cm³/mol. The van der Waals surface area contributed by atoms with E-state index in [1.54, 1.807) is 18.1 Å². The summed E-state index contributed by atoms with van der Waals surface area (Å²) in [7, 11) is 0.278. The summed E-state index contributed by atoms with van der Waals surface area (Å²) in [5, 5.41) is 2.65. The summed E-state index contributed by atoms with van der Waals surface area (Å²) in [4.78, 5) is 19.6. The summed E-state index contributed by atoms with van der Waals surface area (Å²) in [6.45, 7) is 4.13. The van der Waals surface area contributed by atoms with Crippen molar-refractivity contribution in [2.24, 2.45) is 0 Å². The largest absolute Gasteiger partial charge is 0.311 e. The van der Waals surface area contributed by atoms with Crippen LogP contribution in [0, 0.1) is 0 Å². The van der Waals surface area contributed by atoms with Gasteiger partial charge in [-0.25, -0.2) is 13.5 Å². The Balaban J connectivity index is 1.60. The van der Waals surface area contributed by atoms with Gasteiger partial charge in [0.1, 0.15) is 16.0 Å². The van der Waals surface area contributed by atoms with Crippen molar-refractivity contribution < 1.29 is 9.00 Å². The zero-order chi connectivity index (χ0) is 25.2. The van der Waals surface area contributed by atoms with Crippen LogP contribution in [-0.4, -0.2) is 32.5 Å². The minimum absolute atomic E-state index is 0.0147. The van der Waals surface area contributed by atoms with Gasteiger partial charge in [0.25, 0.3) is 5.91 Å². The SMILES string of the molecule is CC(C)N(C(c1ccccc1)c1ccccc1)S(=O)c1ccc2c(c1)/C(=C\c1nccs1)C(=O)N2C. The molecule has 1 atom stereocenters. The van der Waals surface area contributed by atoms with Gasteiger partial charge in [0.15, 0.2) is 0 Å². The Labute approximate surface area is 218 Å². The summed E-state index contributed by atoms with van der Waals surface area (Å²) in [5.74, 6) is -0.0877. The molecule has 0 spiro atoms. The van der Waals surface area contributed by atoms with Crippen LogP contribution in [0.25, 0.3) is 11.6 Å². The van der Waals surface area contributed by atoms with Gasteiger partial charge in [-0.3, -0.25) is 4.79 Å². The molecule has 1 aliphatic heterocycles. The highest BCUT2D eigenvalue weighted by molar-refractivity contribution is 7.82. The number of benzene rings is 3. The van der Waals surface area contributed by atoms with E-state index in [1.165, 1.54) is 11.3 Å². The van der Waals surface area contributed by atoms with Gasteiger partial charge in [0, 0.05) is 30.2 Å². The smallest absolute Gasteiger partial charge is 0.258 e. The van der Waals surface area contributed by atoms with E-state index in [0.717, 1.165) is 27.4 Å². The van der Waals surface area contributed by atoms with Crippen molar-refractivity contribution in [3.8, 4) is 0 Å². The molecule has 0 bridgehead atoms. The number of thiazole rings is 1. The quantitative estimate of drug-likeness (QED) is 0.277. The van der Waals surface area contributed by atoms with Crippen LogP contribution in [0.1, 0.15) is 41.6 Å². The third-order valence-corrected chi connectivity index (χ3v) is 8.66. The number of anilines is 1. The second-order valence-electron chi connectivity index (χ2n) is 8.90. The van der Waals surface area contributed by atoms with E-state index < -0.39 is 11.0 Å². The van der Waals surface area contributed by atoms with Gasteiger partial charge in [-0.1, -0.05) is 60.7 Å². The Morgan fingerprint density at radius 3 is 2.17 bits per heavy atom. The van der Waals surface area contributed by atoms with Crippen molar-refractivity contribution in [3.05, 3.63) is 112 Å². The van der Waals surface area contributed by atoms with Crippen molar-refractivity contribution in [2.45, 2.75) is 30.8 Å². The molecule has 1 unspecified atom stereocenters. The van der Waals surface area contributed by atoms with Crippen LogP contribution in [-0.2, 0) is 15.8 Å². The summed E-state index contributed by atoms with van der Waals surface area (Å²) < 4.78 is 16.3. The van der Waals surface area contributed by atoms with Gasteiger partial charge < -0.3 is 4.90 Å². The van der Waals surface area contributed by atoms with Gasteiger partial charge in [-0.15, -0.1) is 11.3 Å². The molecule has 0 saturated heterocycles. The number of aromatic nitrogens is 1. The van der Waals surface area contributed by atoms with E-state index in [1.807, 2.05) is 70.4 Å². The number of hydrogen-bond donors (Lipinski definition) is 0. The van der Waals surface area contributed by atoms with E-state index in [9.17, 15) is 9.00 Å². The molecule has 3 aromatic carbocycles. The van der Waals surface area contributed by atoms with Crippen molar-refractivity contribution in [3.63, 3.8) is 0 Å². The number of carbonyl (C=O) groups is 1. The van der Waals surface area contributed by atoms with Crippen LogP contribution in [0.2, 0.25) is 0 Å². The third kappa shape index (κ3) is 4.57. The average molecular weight is 514 g/mol. The first-order valence-corrected chi connectivity index (χ1v) is 13.8. The number of amides is 1. The lowest BCUT2D eigenvalue weighted by Gasteiger charge is -2.34. The fourth-order valence-corrected chi connectivity index (χ4v) is 6.60. The van der Waals surface area contributed by atoms with Crippen molar-refractivity contribution in [1.82, 2.24) is 9.29 Å². The van der Waals surface area contributed by atoms with Crippen LogP contribution in [0.4, 0.5) is 5.69 Å². The number of fused-ring (bicyclic) bond motifs is 1. The Bertz CT molecular complexity index is 1380. The summed E-state index contributed by atoms with van der Waals surface area (Å²) in [6.07, 6.45) is 3.54. The summed E-state index contributed by atoms with van der Waals surface area (Å²) in [5.41, 5.74) is 4.31. The lowest BCUT2D eigenvalue weighted by atomic mass is 9.98. The number of likely N-dealkylation sites (N-methyl/N-ethyl adjacent to an activating group) is 1. The van der Waals surface area contributed by atoms with Crippen molar-refractivity contribution in [1.29, 1.82) is 0 Å². The number of nitrogens with zero attached hydrogens (tertiary/aromatic N) is 3. The zero-order valence-corrected chi connectivity index (χ0v) is 22.0. The molecular formula is C29H27N3O2S2. The molecule has 0 aliphatic carbocycles. The predicted octanol–water partition coefficient (Wildman–Crippen LogP) is 6.18. The molecule has 36 heavy (non-hydrogen) atoms. The second kappa shape index (κ2) is 10.3. The van der Waals surface area contributed by atoms with Crippen molar-refractivity contribution >= 4 is 45.6 Å². The summed E-state index contributed by atoms with van der Waals surface area (Å²) >= 11 is 1.48. The Morgan fingerprint density at radius 2 is 1.61 bits per heavy atom.